The number of imidazole rings is 1. The van der Waals surface area contributed by atoms with E-state index in [1.54, 1.807) is 24.5 Å². The fourth-order valence-corrected chi connectivity index (χ4v) is 2.45. The van der Waals surface area contributed by atoms with Crippen LogP contribution in [0, 0.1) is 5.82 Å². The van der Waals surface area contributed by atoms with E-state index < -0.39 is 0 Å². The van der Waals surface area contributed by atoms with E-state index in [1.165, 1.54) is 12.1 Å². The Kier molecular flexibility index (Phi) is 4.49. The van der Waals surface area contributed by atoms with Gasteiger partial charge in [0, 0.05) is 35.8 Å². The van der Waals surface area contributed by atoms with Gasteiger partial charge in [0.2, 0.25) is 0 Å². The first-order valence-corrected chi connectivity index (χ1v) is 7.62. The molecular formula is C17H15ClFN3. The molecule has 0 spiro atoms. The van der Waals surface area contributed by atoms with Crippen LogP contribution in [0.15, 0.2) is 48.8 Å². The van der Waals surface area contributed by atoms with Crippen molar-refractivity contribution in [2.45, 2.75) is 12.8 Å². The Morgan fingerprint density at radius 2 is 1.73 bits per heavy atom. The Morgan fingerprint density at radius 1 is 1.00 bits per heavy atom. The van der Waals surface area contributed by atoms with Gasteiger partial charge in [-0.15, -0.1) is 11.6 Å². The summed E-state index contributed by atoms with van der Waals surface area (Å²) in [4.78, 5) is 12.1. The minimum absolute atomic E-state index is 0.257. The van der Waals surface area contributed by atoms with Crippen molar-refractivity contribution in [3.63, 3.8) is 0 Å². The summed E-state index contributed by atoms with van der Waals surface area (Å²) in [5.41, 5.74) is 3.61. The summed E-state index contributed by atoms with van der Waals surface area (Å²) >= 11 is 5.76. The molecule has 3 aromatic rings. The van der Waals surface area contributed by atoms with Gasteiger partial charge in [-0.2, -0.15) is 0 Å². The highest BCUT2D eigenvalue weighted by Crippen LogP contribution is 2.30. The topological polar surface area (TPSA) is 41.6 Å². The monoisotopic (exact) mass is 315 g/mol. The fourth-order valence-electron chi connectivity index (χ4n) is 2.32. The van der Waals surface area contributed by atoms with Gasteiger partial charge in [0.1, 0.15) is 11.6 Å². The van der Waals surface area contributed by atoms with Crippen LogP contribution in [0.3, 0.4) is 0 Å². The second-order valence-corrected chi connectivity index (χ2v) is 5.32. The zero-order valence-electron chi connectivity index (χ0n) is 11.9. The van der Waals surface area contributed by atoms with Crippen LogP contribution < -0.4 is 0 Å². The third-order valence-corrected chi connectivity index (χ3v) is 3.65. The number of hydrogen-bond donors (Lipinski definition) is 1. The number of aryl methyl sites for hydroxylation is 1. The third-order valence-electron chi connectivity index (χ3n) is 3.39. The van der Waals surface area contributed by atoms with Crippen LogP contribution in [0.4, 0.5) is 4.39 Å². The molecule has 22 heavy (non-hydrogen) atoms. The Labute approximate surface area is 133 Å². The standard InChI is InChI=1S/C17H15ClFN3/c18-9-1-2-15-21-16(12-3-5-14(19)6-4-12)17(22-15)13-7-10-20-11-8-13/h3-8,10-11H,1-2,9H2,(H,21,22). The van der Waals surface area contributed by atoms with Crippen LogP contribution in [0.1, 0.15) is 12.2 Å². The molecule has 2 aromatic heterocycles. The summed E-state index contributed by atoms with van der Waals surface area (Å²) in [5, 5.41) is 0. The van der Waals surface area contributed by atoms with Crippen LogP contribution >= 0.6 is 11.6 Å². The molecule has 0 fully saturated rings. The van der Waals surface area contributed by atoms with Crippen molar-refractivity contribution in [2.24, 2.45) is 0 Å². The number of hydrogen-bond acceptors (Lipinski definition) is 2. The number of nitrogens with one attached hydrogen (secondary N) is 1. The Hall–Kier alpha value is -2.20. The molecule has 1 N–H and O–H groups in total. The normalized spacial score (nSPS) is 10.8. The second-order valence-electron chi connectivity index (χ2n) is 4.94. The van der Waals surface area contributed by atoms with E-state index in [0.717, 1.165) is 41.2 Å². The number of alkyl halides is 1. The smallest absolute Gasteiger partial charge is 0.123 e. The van der Waals surface area contributed by atoms with Gasteiger partial charge in [0.15, 0.2) is 0 Å². The first kappa shape index (κ1) is 14.7. The van der Waals surface area contributed by atoms with Crippen molar-refractivity contribution in [3.8, 4) is 22.5 Å². The summed E-state index contributed by atoms with van der Waals surface area (Å²) in [6.45, 7) is 0. The summed E-state index contributed by atoms with van der Waals surface area (Å²) in [6, 6.07) is 10.2. The number of benzene rings is 1. The van der Waals surface area contributed by atoms with Crippen LogP contribution in [-0.2, 0) is 6.42 Å². The van der Waals surface area contributed by atoms with Crippen molar-refractivity contribution in [2.75, 3.05) is 5.88 Å². The lowest BCUT2D eigenvalue weighted by Crippen LogP contribution is -1.89. The van der Waals surface area contributed by atoms with E-state index in [4.69, 9.17) is 11.6 Å². The maximum Gasteiger partial charge on any atom is 0.123 e. The molecule has 0 aliphatic heterocycles. The highest BCUT2D eigenvalue weighted by atomic mass is 35.5. The fraction of sp³-hybridized carbons (Fsp3) is 0.176. The van der Waals surface area contributed by atoms with Crippen molar-refractivity contribution < 1.29 is 4.39 Å². The highest BCUT2D eigenvalue weighted by molar-refractivity contribution is 6.17. The number of pyridine rings is 1. The van der Waals surface area contributed by atoms with Crippen molar-refractivity contribution in [1.82, 2.24) is 15.0 Å². The molecule has 2 heterocycles. The zero-order valence-corrected chi connectivity index (χ0v) is 12.6. The average molecular weight is 316 g/mol. The average Bonchev–Trinajstić information content (AvgIpc) is 2.98. The van der Waals surface area contributed by atoms with Gasteiger partial charge in [-0.05, 0) is 42.8 Å². The molecule has 3 rings (SSSR count). The number of halogens is 2. The van der Waals surface area contributed by atoms with Crippen molar-refractivity contribution in [3.05, 3.63) is 60.4 Å². The maximum absolute atomic E-state index is 13.1. The Morgan fingerprint density at radius 3 is 2.41 bits per heavy atom. The molecule has 0 unspecified atom stereocenters. The van der Waals surface area contributed by atoms with Gasteiger partial charge >= 0.3 is 0 Å². The lowest BCUT2D eigenvalue weighted by molar-refractivity contribution is 0.628. The molecule has 0 atom stereocenters. The molecule has 0 amide bonds. The zero-order chi connectivity index (χ0) is 15.4. The maximum atomic E-state index is 13.1. The Balaban J connectivity index is 2.06. The van der Waals surface area contributed by atoms with Crippen LogP contribution in [0.5, 0.6) is 0 Å². The molecule has 0 radical (unpaired) electrons. The van der Waals surface area contributed by atoms with Crippen molar-refractivity contribution in [1.29, 1.82) is 0 Å². The molecule has 5 heteroatoms. The molecule has 0 aliphatic carbocycles. The third kappa shape index (κ3) is 3.17. The SMILES string of the molecule is Fc1ccc(-c2nc(CCCCl)[nH]c2-c2ccncc2)cc1. The van der Waals surface area contributed by atoms with E-state index in [-0.39, 0.29) is 5.82 Å². The molecular weight excluding hydrogens is 301 g/mol. The van der Waals surface area contributed by atoms with Gasteiger partial charge in [-0.3, -0.25) is 4.98 Å². The van der Waals surface area contributed by atoms with Crippen molar-refractivity contribution >= 4 is 11.6 Å². The van der Waals surface area contributed by atoms with E-state index in [0.29, 0.717) is 5.88 Å². The number of aromatic nitrogens is 3. The quantitative estimate of drug-likeness (QED) is 0.707. The molecule has 0 saturated heterocycles. The van der Waals surface area contributed by atoms with Gasteiger partial charge < -0.3 is 4.98 Å². The summed E-state index contributed by atoms with van der Waals surface area (Å²) in [7, 11) is 0. The first-order chi connectivity index (χ1) is 10.8. The van der Waals surface area contributed by atoms with E-state index in [9.17, 15) is 4.39 Å². The molecule has 1 aromatic carbocycles. The minimum Gasteiger partial charge on any atom is -0.341 e. The molecule has 3 nitrogen and oxygen atoms in total. The molecule has 112 valence electrons. The summed E-state index contributed by atoms with van der Waals surface area (Å²) < 4.78 is 13.1. The summed E-state index contributed by atoms with van der Waals surface area (Å²) in [6.07, 6.45) is 5.11. The number of rotatable bonds is 5. The minimum atomic E-state index is -0.257. The van der Waals surface area contributed by atoms with Gasteiger partial charge in [-0.25, -0.2) is 9.37 Å². The largest absolute Gasteiger partial charge is 0.341 e. The van der Waals surface area contributed by atoms with Gasteiger partial charge in [0.25, 0.3) is 0 Å². The lowest BCUT2D eigenvalue weighted by Gasteiger charge is -2.02. The van der Waals surface area contributed by atoms with Gasteiger partial charge in [-0.1, -0.05) is 0 Å². The van der Waals surface area contributed by atoms with E-state index in [1.807, 2.05) is 12.1 Å². The predicted molar refractivity (Wildman–Crippen MR) is 86.3 cm³/mol. The van der Waals surface area contributed by atoms with Crippen LogP contribution in [0.25, 0.3) is 22.5 Å². The molecule has 0 bridgehead atoms. The lowest BCUT2D eigenvalue weighted by atomic mass is 10.1. The summed E-state index contributed by atoms with van der Waals surface area (Å²) in [5.74, 6) is 1.22. The highest BCUT2D eigenvalue weighted by Gasteiger charge is 2.14. The van der Waals surface area contributed by atoms with E-state index in [2.05, 4.69) is 15.0 Å². The van der Waals surface area contributed by atoms with Gasteiger partial charge in [0.05, 0.1) is 11.4 Å². The number of H-pyrrole nitrogens is 1. The van der Waals surface area contributed by atoms with Crippen LogP contribution in [-0.4, -0.2) is 20.8 Å². The molecule has 0 saturated carbocycles. The first-order valence-electron chi connectivity index (χ1n) is 7.09. The molecule has 0 aliphatic rings. The van der Waals surface area contributed by atoms with E-state index >= 15 is 0 Å². The number of nitrogens with zero attached hydrogens (tertiary/aromatic N) is 2. The number of aromatic amines is 1. The second kappa shape index (κ2) is 6.71. The predicted octanol–water partition coefficient (Wildman–Crippen LogP) is 4.45. The Bertz CT molecular complexity index is 738. The van der Waals surface area contributed by atoms with Crippen LogP contribution in [0.2, 0.25) is 0 Å².